The molecule has 0 aromatic heterocycles. The van der Waals surface area contributed by atoms with Gasteiger partial charge < -0.3 is 25.2 Å². The summed E-state index contributed by atoms with van der Waals surface area (Å²) in [5.74, 6) is -2.09. The van der Waals surface area contributed by atoms with Gasteiger partial charge in [0.1, 0.15) is 28.4 Å². The van der Waals surface area contributed by atoms with Crippen LogP contribution in [0.3, 0.4) is 0 Å². The lowest BCUT2D eigenvalue weighted by Gasteiger charge is -2.18. The van der Waals surface area contributed by atoms with E-state index in [-0.39, 0.29) is 48.3 Å². The van der Waals surface area contributed by atoms with Gasteiger partial charge in [-0.25, -0.2) is 13.2 Å². The van der Waals surface area contributed by atoms with Crippen molar-refractivity contribution in [2.75, 3.05) is 20.3 Å². The molecule has 3 amide bonds. The Morgan fingerprint density at radius 2 is 1.85 bits per heavy atom. The van der Waals surface area contributed by atoms with Crippen LogP contribution < -0.4 is 20.1 Å². The summed E-state index contributed by atoms with van der Waals surface area (Å²) in [6, 6.07) is 10.1. The molecule has 1 aliphatic heterocycles. The number of hydrogen-bond acceptors (Lipinski definition) is 9. The molecule has 210 valence electrons. The smallest absolute Gasteiger partial charge is 0.345 e. The zero-order valence-corrected chi connectivity index (χ0v) is 22.4. The summed E-state index contributed by atoms with van der Waals surface area (Å²) in [5.41, 5.74) is 1.10. The van der Waals surface area contributed by atoms with E-state index in [1.807, 2.05) is 4.72 Å². The van der Waals surface area contributed by atoms with Crippen LogP contribution in [0.2, 0.25) is 0 Å². The maximum absolute atomic E-state index is 12.8. The van der Waals surface area contributed by atoms with Crippen LogP contribution in [0.5, 0.6) is 11.5 Å². The molecule has 0 spiro atoms. The van der Waals surface area contributed by atoms with Crippen molar-refractivity contribution in [3.05, 3.63) is 59.2 Å². The minimum absolute atomic E-state index is 0.0606. The molecule has 1 unspecified atom stereocenters. The number of carbonyl (C=O) groups is 4. The first-order chi connectivity index (χ1) is 18.5. The van der Waals surface area contributed by atoms with Gasteiger partial charge in [0.2, 0.25) is 27.7 Å². The van der Waals surface area contributed by atoms with Crippen molar-refractivity contribution in [2.45, 2.75) is 43.9 Å². The summed E-state index contributed by atoms with van der Waals surface area (Å²) in [5, 5.41) is 14.4. The fourth-order valence-corrected chi connectivity index (χ4v) is 5.53. The van der Waals surface area contributed by atoms with Crippen LogP contribution >= 0.6 is 0 Å². The van der Waals surface area contributed by atoms with E-state index in [9.17, 15) is 32.7 Å². The number of esters is 1. The number of unbranched alkanes of at least 4 members (excludes halogenated alkanes) is 1. The molecule has 1 aliphatic rings. The van der Waals surface area contributed by atoms with E-state index in [0.29, 0.717) is 30.5 Å². The monoisotopic (exact) mass is 561 g/mol. The van der Waals surface area contributed by atoms with Crippen molar-refractivity contribution in [2.24, 2.45) is 0 Å². The molecule has 13 heteroatoms. The maximum atomic E-state index is 12.8. The molecular formula is C26H31N3O9S. The second-order valence-corrected chi connectivity index (χ2v) is 10.8. The van der Waals surface area contributed by atoms with E-state index < -0.39 is 33.2 Å². The zero-order valence-electron chi connectivity index (χ0n) is 21.6. The fourth-order valence-electron chi connectivity index (χ4n) is 4.10. The van der Waals surface area contributed by atoms with E-state index in [2.05, 4.69) is 15.4 Å². The van der Waals surface area contributed by atoms with Gasteiger partial charge in [-0.1, -0.05) is 30.3 Å². The Bertz CT molecular complexity index is 1330. The molecule has 0 aliphatic carbocycles. The molecule has 2 atom stereocenters. The lowest BCUT2D eigenvalue weighted by Crippen LogP contribution is -2.47. The molecule has 3 rings (SSSR count). The highest BCUT2D eigenvalue weighted by atomic mass is 32.2. The molecule has 1 fully saturated rings. The lowest BCUT2D eigenvalue weighted by atomic mass is 10.0. The van der Waals surface area contributed by atoms with Crippen LogP contribution in [0.1, 0.15) is 52.9 Å². The van der Waals surface area contributed by atoms with Gasteiger partial charge in [0.15, 0.2) is 0 Å². The molecule has 0 saturated carbocycles. The van der Waals surface area contributed by atoms with Crippen LogP contribution in [0.25, 0.3) is 0 Å². The number of ether oxygens (including phenoxy) is 2. The van der Waals surface area contributed by atoms with Gasteiger partial charge in [-0.15, -0.1) is 0 Å². The highest BCUT2D eigenvalue weighted by Gasteiger charge is 2.37. The number of aromatic hydroxyl groups is 1. The van der Waals surface area contributed by atoms with Gasteiger partial charge in [0.25, 0.3) is 0 Å². The number of amides is 3. The third kappa shape index (κ3) is 7.93. The Kier molecular flexibility index (Phi) is 9.88. The zero-order chi connectivity index (χ0) is 28.6. The predicted octanol–water partition coefficient (Wildman–Crippen LogP) is 1.09. The van der Waals surface area contributed by atoms with Crippen LogP contribution in [0, 0.1) is 0 Å². The van der Waals surface area contributed by atoms with Gasteiger partial charge in [0.05, 0.1) is 20.1 Å². The average molecular weight is 562 g/mol. The molecule has 4 N–H and O–H groups in total. The Hall–Kier alpha value is -4.13. The average Bonchev–Trinajstić information content (AvgIpc) is 3.16. The summed E-state index contributed by atoms with van der Waals surface area (Å²) in [6.45, 7) is 1.84. The number of phenols is 1. The lowest BCUT2D eigenvalue weighted by molar-refractivity contribution is -0.128. The van der Waals surface area contributed by atoms with Crippen molar-refractivity contribution in [3.8, 4) is 11.5 Å². The number of phenolic OH excluding ortho intramolecular Hbond substituents is 1. The highest BCUT2D eigenvalue weighted by molar-refractivity contribution is 7.90. The Morgan fingerprint density at radius 1 is 1.13 bits per heavy atom. The second-order valence-electron chi connectivity index (χ2n) is 8.95. The summed E-state index contributed by atoms with van der Waals surface area (Å²) < 4.78 is 36.4. The van der Waals surface area contributed by atoms with Gasteiger partial charge in [-0.2, -0.15) is 0 Å². The largest absolute Gasteiger partial charge is 0.507 e. The number of carbonyl (C=O) groups excluding carboxylic acids is 4. The number of nitrogens with one attached hydrogen (secondary N) is 3. The summed E-state index contributed by atoms with van der Waals surface area (Å²) in [4.78, 5) is 47.8. The molecule has 2 aromatic carbocycles. The minimum Gasteiger partial charge on any atom is -0.507 e. The maximum Gasteiger partial charge on any atom is 0.345 e. The molecule has 1 saturated heterocycles. The Morgan fingerprint density at radius 3 is 2.46 bits per heavy atom. The number of hydrogen-bond donors (Lipinski definition) is 4. The highest BCUT2D eigenvalue weighted by Crippen LogP contribution is 2.30. The number of methoxy groups -OCH3 is 1. The van der Waals surface area contributed by atoms with Crippen LogP contribution in [0.15, 0.2) is 42.5 Å². The van der Waals surface area contributed by atoms with E-state index in [1.165, 1.54) is 20.1 Å². The van der Waals surface area contributed by atoms with Crippen LogP contribution in [-0.4, -0.2) is 63.5 Å². The van der Waals surface area contributed by atoms with Crippen molar-refractivity contribution in [3.63, 3.8) is 0 Å². The van der Waals surface area contributed by atoms with Gasteiger partial charge >= 0.3 is 5.97 Å². The van der Waals surface area contributed by atoms with Crippen molar-refractivity contribution in [1.82, 2.24) is 15.4 Å². The minimum atomic E-state index is -3.76. The second kappa shape index (κ2) is 13.1. The molecule has 0 bridgehead atoms. The van der Waals surface area contributed by atoms with Gasteiger partial charge in [0, 0.05) is 19.9 Å². The third-order valence-electron chi connectivity index (χ3n) is 6.01. The van der Waals surface area contributed by atoms with E-state index >= 15 is 0 Å². The van der Waals surface area contributed by atoms with Crippen LogP contribution in [0.4, 0.5) is 0 Å². The standard InChI is InChI=1S/C26H31N3O9S/c1-16(30)28-19(14-17-8-10-18(11-9-17)22-15-23(32)29-39(22,35)36)25(33)27-12-3-4-13-38-21-7-5-6-20(31)24(21)26(34)37-2/h5-11,19,22,31H,3-4,12-15H2,1-2H3,(H,27,33)(H,28,30)(H,29,32)/t19-,22?/m0/s1. The quantitative estimate of drug-likeness (QED) is 0.218. The normalized spacial score (nSPS) is 16.6. The van der Waals surface area contributed by atoms with E-state index in [0.717, 1.165) is 0 Å². The van der Waals surface area contributed by atoms with E-state index in [4.69, 9.17) is 4.74 Å². The number of benzene rings is 2. The molecule has 0 radical (unpaired) electrons. The first-order valence-electron chi connectivity index (χ1n) is 12.2. The van der Waals surface area contributed by atoms with Crippen molar-refractivity contribution >= 4 is 33.7 Å². The Balaban J connectivity index is 1.50. The third-order valence-corrected chi connectivity index (χ3v) is 7.71. The SMILES string of the molecule is COC(=O)c1c(O)cccc1OCCCCNC(=O)[C@H](Cc1ccc(C2CC(=O)NS2(=O)=O)cc1)NC(C)=O. The van der Waals surface area contributed by atoms with Crippen molar-refractivity contribution in [1.29, 1.82) is 0 Å². The summed E-state index contributed by atoms with van der Waals surface area (Å²) >= 11 is 0. The predicted molar refractivity (Wildman–Crippen MR) is 139 cm³/mol. The first kappa shape index (κ1) is 29.4. The number of rotatable bonds is 12. The first-order valence-corrected chi connectivity index (χ1v) is 13.8. The molecule has 39 heavy (non-hydrogen) atoms. The fraction of sp³-hybridized carbons (Fsp3) is 0.385. The molecule has 2 aromatic rings. The van der Waals surface area contributed by atoms with E-state index in [1.54, 1.807) is 36.4 Å². The summed E-state index contributed by atoms with van der Waals surface area (Å²) in [7, 11) is -2.56. The topological polar surface area (TPSA) is 177 Å². The molecular weight excluding hydrogens is 530 g/mol. The Labute approximate surface area is 226 Å². The number of sulfonamides is 1. The van der Waals surface area contributed by atoms with Gasteiger partial charge in [-0.3, -0.25) is 19.1 Å². The van der Waals surface area contributed by atoms with Gasteiger partial charge in [-0.05, 0) is 36.1 Å². The molecule has 1 heterocycles. The van der Waals surface area contributed by atoms with Crippen molar-refractivity contribution < 1.29 is 42.2 Å². The van der Waals surface area contributed by atoms with Crippen LogP contribution in [-0.2, 0) is 35.6 Å². The molecule has 12 nitrogen and oxygen atoms in total. The summed E-state index contributed by atoms with van der Waals surface area (Å²) in [6.07, 6.45) is 1.10.